The summed E-state index contributed by atoms with van der Waals surface area (Å²) >= 11 is 0. The highest BCUT2D eigenvalue weighted by Gasteiger charge is 2.28. The lowest BCUT2D eigenvalue weighted by Gasteiger charge is -2.32. The first-order valence-corrected chi connectivity index (χ1v) is 7.54. The molecule has 1 aromatic rings. The summed E-state index contributed by atoms with van der Waals surface area (Å²) in [7, 11) is 0. The van der Waals surface area contributed by atoms with Gasteiger partial charge in [0, 0.05) is 31.5 Å². The van der Waals surface area contributed by atoms with E-state index in [2.05, 4.69) is 20.2 Å². The van der Waals surface area contributed by atoms with Gasteiger partial charge in [0.2, 0.25) is 11.9 Å². The molecule has 1 unspecified atom stereocenters. The molecule has 2 heterocycles. The number of nitrogens with one attached hydrogen (secondary N) is 1. The van der Waals surface area contributed by atoms with Crippen LogP contribution in [-0.4, -0.2) is 35.5 Å². The van der Waals surface area contributed by atoms with Crippen LogP contribution in [-0.2, 0) is 4.79 Å². The van der Waals surface area contributed by atoms with Crippen molar-refractivity contribution in [3.05, 3.63) is 18.0 Å². The SMILES string of the molecule is Cc1ccnc(N2CCCC(C(=O)NCC3CC3)C2)n1. The van der Waals surface area contributed by atoms with Crippen LogP contribution in [0.5, 0.6) is 0 Å². The van der Waals surface area contributed by atoms with E-state index in [9.17, 15) is 4.79 Å². The number of hydrogen-bond acceptors (Lipinski definition) is 4. The van der Waals surface area contributed by atoms with Crippen LogP contribution in [0.1, 0.15) is 31.4 Å². The lowest BCUT2D eigenvalue weighted by molar-refractivity contribution is -0.125. The van der Waals surface area contributed by atoms with Gasteiger partial charge < -0.3 is 10.2 Å². The summed E-state index contributed by atoms with van der Waals surface area (Å²) in [5, 5.41) is 3.09. The molecular formula is C15H22N4O. The molecule has 1 saturated carbocycles. The van der Waals surface area contributed by atoms with E-state index in [0.29, 0.717) is 0 Å². The fourth-order valence-corrected chi connectivity index (χ4v) is 2.67. The van der Waals surface area contributed by atoms with Gasteiger partial charge in [-0.2, -0.15) is 0 Å². The van der Waals surface area contributed by atoms with E-state index in [1.54, 1.807) is 6.20 Å². The summed E-state index contributed by atoms with van der Waals surface area (Å²) in [5.74, 6) is 1.77. The number of piperidine rings is 1. The Hall–Kier alpha value is -1.65. The third kappa shape index (κ3) is 3.26. The average Bonchev–Trinajstić information content (AvgIpc) is 3.29. The second-order valence-electron chi connectivity index (χ2n) is 5.97. The molecule has 1 saturated heterocycles. The van der Waals surface area contributed by atoms with E-state index in [1.807, 2.05) is 13.0 Å². The molecule has 108 valence electrons. The minimum absolute atomic E-state index is 0.0756. The zero-order valence-electron chi connectivity index (χ0n) is 12.0. The van der Waals surface area contributed by atoms with E-state index >= 15 is 0 Å². The van der Waals surface area contributed by atoms with Crippen LogP contribution in [0.4, 0.5) is 5.95 Å². The predicted molar refractivity (Wildman–Crippen MR) is 77.4 cm³/mol. The quantitative estimate of drug-likeness (QED) is 0.904. The van der Waals surface area contributed by atoms with Gasteiger partial charge >= 0.3 is 0 Å². The normalized spacial score (nSPS) is 22.6. The third-order valence-corrected chi connectivity index (χ3v) is 4.12. The van der Waals surface area contributed by atoms with Crippen LogP contribution in [0.15, 0.2) is 12.3 Å². The summed E-state index contributed by atoms with van der Waals surface area (Å²) < 4.78 is 0. The first kappa shape index (κ1) is 13.3. The number of nitrogens with zero attached hydrogens (tertiary/aromatic N) is 3. The minimum Gasteiger partial charge on any atom is -0.356 e. The number of aryl methyl sites for hydroxylation is 1. The maximum absolute atomic E-state index is 12.2. The van der Waals surface area contributed by atoms with E-state index in [0.717, 1.165) is 50.0 Å². The van der Waals surface area contributed by atoms with Gasteiger partial charge in [-0.15, -0.1) is 0 Å². The fraction of sp³-hybridized carbons (Fsp3) is 0.667. The van der Waals surface area contributed by atoms with Gasteiger partial charge in [0.25, 0.3) is 0 Å². The number of aromatic nitrogens is 2. The molecule has 2 fully saturated rings. The zero-order valence-corrected chi connectivity index (χ0v) is 12.0. The van der Waals surface area contributed by atoms with E-state index in [1.165, 1.54) is 12.8 Å². The molecule has 0 spiro atoms. The second-order valence-corrected chi connectivity index (χ2v) is 5.97. The lowest BCUT2D eigenvalue weighted by Crippen LogP contribution is -2.44. The Kier molecular flexibility index (Phi) is 3.85. The summed E-state index contributed by atoms with van der Waals surface area (Å²) in [5.41, 5.74) is 0.968. The topological polar surface area (TPSA) is 58.1 Å². The summed E-state index contributed by atoms with van der Waals surface area (Å²) in [4.78, 5) is 23.1. The first-order chi connectivity index (χ1) is 9.72. The number of anilines is 1. The highest BCUT2D eigenvalue weighted by molar-refractivity contribution is 5.79. The number of carbonyl (C=O) groups is 1. The van der Waals surface area contributed by atoms with Gasteiger partial charge in [-0.3, -0.25) is 4.79 Å². The number of rotatable bonds is 4. The number of carbonyl (C=O) groups excluding carboxylic acids is 1. The molecule has 1 atom stereocenters. The molecule has 0 bridgehead atoms. The molecule has 2 aliphatic rings. The van der Waals surface area contributed by atoms with E-state index in [4.69, 9.17) is 0 Å². The maximum atomic E-state index is 12.2. The highest BCUT2D eigenvalue weighted by Crippen LogP contribution is 2.28. The molecule has 1 N–H and O–H groups in total. The second kappa shape index (κ2) is 5.77. The molecule has 3 rings (SSSR count). The Morgan fingerprint density at radius 1 is 1.45 bits per heavy atom. The van der Waals surface area contributed by atoms with Gasteiger partial charge in [-0.05, 0) is 44.6 Å². The van der Waals surface area contributed by atoms with E-state index < -0.39 is 0 Å². The van der Waals surface area contributed by atoms with Crippen molar-refractivity contribution in [3.63, 3.8) is 0 Å². The molecule has 20 heavy (non-hydrogen) atoms. The molecule has 1 aliphatic carbocycles. The number of amides is 1. The average molecular weight is 274 g/mol. The van der Waals surface area contributed by atoms with Crippen LogP contribution in [0.3, 0.4) is 0 Å². The highest BCUT2D eigenvalue weighted by atomic mass is 16.1. The molecule has 0 aromatic carbocycles. The van der Waals surface area contributed by atoms with Crippen LogP contribution >= 0.6 is 0 Å². The summed E-state index contributed by atoms with van der Waals surface area (Å²) in [6.07, 6.45) is 6.33. The molecule has 0 radical (unpaired) electrons. The van der Waals surface area contributed by atoms with Crippen molar-refractivity contribution in [2.24, 2.45) is 11.8 Å². The molecule has 1 aliphatic heterocycles. The van der Waals surface area contributed by atoms with Gasteiger partial charge in [-0.1, -0.05) is 0 Å². The summed E-state index contributed by atoms with van der Waals surface area (Å²) in [6, 6.07) is 1.90. The molecule has 5 heteroatoms. The Morgan fingerprint density at radius 3 is 3.05 bits per heavy atom. The Labute approximate surface area is 119 Å². The summed E-state index contributed by atoms with van der Waals surface area (Å²) in [6.45, 7) is 4.50. The largest absolute Gasteiger partial charge is 0.356 e. The third-order valence-electron chi connectivity index (χ3n) is 4.12. The van der Waals surface area contributed by atoms with Gasteiger partial charge in [-0.25, -0.2) is 9.97 Å². The maximum Gasteiger partial charge on any atom is 0.225 e. The molecule has 1 aromatic heterocycles. The Morgan fingerprint density at radius 2 is 2.30 bits per heavy atom. The van der Waals surface area contributed by atoms with Crippen molar-refractivity contribution in [3.8, 4) is 0 Å². The van der Waals surface area contributed by atoms with Crippen molar-refractivity contribution in [2.45, 2.75) is 32.6 Å². The Balaban J connectivity index is 1.59. The fourth-order valence-electron chi connectivity index (χ4n) is 2.67. The van der Waals surface area contributed by atoms with Gasteiger partial charge in [0.05, 0.1) is 5.92 Å². The van der Waals surface area contributed by atoms with Crippen molar-refractivity contribution in [1.29, 1.82) is 0 Å². The number of hydrogen-bond donors (Lipinski definition) is 1. The molecule has 5 nitrogen and oxygen atoms in total. The lowest BCUT2D eigenvalue weighted by atomic mass is 9.97. The molecule has 1 amide bonds. The van der Waals surface area contributed by atoms with E-state index in [-0.39, 0.29) is 11.8 Å². The van der Waals surface area contributed by atoms with Crippen molar-refractivity contribution < 1.29 is 4.79 Å². The van der Waals surface area contributed by atoms with Crippen LogP contribution < -0.4 is 10.2 Å². The van der Waals surface area contributed by atoms with Gasteiger partial charge in [0.15, 0.2) is 0 Å². The Bertz CT molecular complexity index is 487. The van der Waals surface area contributed by atoms with Gasteiger partial charge in [0.1, 0.15) is 0 Å². The van der Waals surface area contributed by atoms with Crippen LogP contribution in [0.25, 0.3) is 0 Å². The monoisotopic (exact) mass is 274 g/mol. The van der Waals surface area contributed by atoms with Crippen molar-refractivity contribution in [1.82, 2.24) is 15.3 Å². The standard InChI is InChI=1S/C15H22N4O/c1-11-6-7-16-15(18-11)19-8-2-3-13(10-19)14(20)17-9-12-4-5-12/h6-7,12-13H,2-5,8-10H2,1H3,(H,17,20). The van der Waals surface area contributed by atoms with Crippen molar-refractivity contribution in [2.75, 3.05) is 24.5 Å². The van der Waals surface area contributed by atoms with Crippen LogP contribution in [0, 0.1) is 18.8 Å². The van der Waals surface area contributed by atoms with Crippen LogP contribution in [0.2, 0.25) is 0 Å². The van der Waals surface area contributed by atoms with Crippen molar-refractivity contribution >= 4 is 11.9 Å². The smallest absolute Gasteiger partial charge is 0.225 e. The predicted octanol–water partition coefficient (Wildman–Crippen LogP) is 1.53. The molecular weight excluding hydrogens is 252 g/mol. The first-order valence-electron chi connectivity index (χ1n) is 7.54. The minimum atomic E-state index is 0.0756. The zero-order chi connectivity index (χ0) is 13.9.